The van der Waals surface area contributed by atoms with Crippen molar-refractivity contribution >= 4 is 10.0 Å². The monoisotopic (exact) mass is 273 g/mol. The number of hydrogen-bond acceptors (Lipinski definition) is 4. The molecule has 0 spiro atoms. The number of aromatic nitrogens is 1. The Hall–Kier alpha value is -1.05. The molecule has 1 aliphatic heterocycles. The zero-order chi connectivity index (χ0) is 13.3. The fourth-order valence-electron chi connectivity index (χ4n) is 2.03. The Morgan fingerprint density at radius 1 is 1.56 bits per heavy atom. The van der Waals surface area contributed by atoms with Gasteiger partial charge in [-0.05, 0) is 24.5 Å². The summed E-state index contributed by atoms with van der Waals surface area (Å²) < 4.78 is 39.3. The molecule has 1 aromatic rings. The summed E-state index contributed by atoms with van der Waals surface area (Å²) in [7, 11) is -3.86. The number of nitrogens with two attached hydrogens (primary N) is 1. The normalized spacial score (nSPS) is 26.2. The average molecular weight is 273 g/mol. The molecule has 1 fully saturated rings. The molecular weight excluding hydrogens is 257 g/mol. The van der Waals surface area contributed by atoms with Crippen molar-refractivity contribution in [1.82, 2.24) is 9.29 Å². The molecule has 0 amide bonds. The molecule has 0 saturated carbocycles. The lowest BCUT2D eigenvalue weighted by atomic mass is 9.96. The van der Waals surface area contributed by atoms with E-state index in [-0.39, 0.29) is 12.0 Å². The van der Waals surface area contributed by atoms with E-state index in [4.69, 9.17) is 5.73 Å². The minimum Gasteiger partial charge on any atom is -0.327 e. The highest BCUT2D eigenvalue weighted by Gasteiger charge is 2.34. The summed E-state index contributed by atoms with van der Waals surface area (Å²) in [6.07, 6.45) is 1.85. The van der Waals surface area contributed by atoms with Crippen LogP contribution in [0.3, 0.4) is 0 Å². The molecule has 0 bridgehead atoms. The molecule has 5 nitrogen and oxygen atoms in total. The van der Waals surface area contributed by atoms with E-state index in [0.717, 1.165) is 6.07 Å². The zero-order valence-corrected chi connectivity index (χ0v) is 10.9. The average Bonchev–Trinajstić information content (AvgIpc) is 2.33. The summed E-state index contributed by atoms with van der Waals surface area (Å²) in [5, 5.41) is -0.507. The molecule has 18 heavy (non-hydrogen) atoms. The van der Waals surface area contributed by atoms with Crippen LogP contribution in [0, 0.1) is 11.7 Å². The lowest BCUT2D eigenvalue weighted by Gasteiger charge is -2.33. The highest BCUT2D eigenvalue weighted by Crippen LogP contribution is 2.23. The number of piperidine rings is 1. The fraction of sp³-hybridized carbons (Fsp3) is 0.545. The summed E-state index contributed by atoms with van der Waals surface area (Å²) in [5.74, 6) is -0.764. The van der Waals surface area contributed by atoms with Gasteiger partial charge in [-0.15, -0.1) is 0 Å². The highest BCUT2D eigenvalue weighted by atomic mass is 32.2. The molecule has 1 aliphatic rings. The Balaban J connectivity index is 2.30. The highest BCUT2D eigenvalue weighted by molar-refractivity contribution is 7.89. The fourth-order valence-corrected chi connectivity index (χ4v) is 3.56. The van der Waals surface area contributed by atoms with E-state index in [1.165, 1.54) is 16.6 Å². The second-order valence-corrected chi connectivity index (χ2v) is 6.44. The van der Waals surface area contributed by atoms with Crippen molar-refractivity contribution in [2.24, 2.45) is 11.7 Å². The van der Waals surface area contributed by atoms with Gasteiger partial charge in [0, 0.05) is 25.3 Å². The summed E-state index contributed by atoms with van der Waals surface area (Å²) >= 11 is 0. The lowest BCUT2D eigenvalue weighted by Crippen LogP contribution is -2.48. The minimum atomic E-state index is -3.86. The molecule has 0 aromatic carbocycles. The van der Waals surface area contributed by atoms with Crippen molar-refractivity contribution in [3.63, 3.8) is 0 Å². The Morgan fingerprint density at radius 3 is 2.89 bits per heavy atom. The molecule has 0 radical (unpaired) electrons. The van der Waals surface area contributed by atoms with Crippen LogP contribution in [0.1, 0.15) is 13.3 Å². The predicted octanol–water partition coefficient (Wildman–Crippen LogP) is 0.579. The van der Waals surface area contributed by atoms with Gasteiger partial charge in [-0.25, -0.2) is 17.8 Å². The van der Waals surface area contributed by atoms with Gasteiger partial charge in [-0.1, -0.05) is 6.92 Å². The van der Waals surface area contributed by atoms with Crippen LogP contribution >= 0.6 is 0 Å². The smallest absolute Gasteiger partial charge is 0.263 e. The van der Waals surface area contributed by atoms with Crippen LogP contribution in [0.15, 0.2) is 23.4 Å². The van der Waals surface area contributed by atoms with Crippen molar-refractivity contribution < 1.29 is 12.8 Å². The van der Waals surface area contributed by atoms with Crippen molar-refractivity contribution in [1.29, 1.82) is 0 Å². The van der Waals surface area contributed by atoms with Crippen LogP contribution < -0.4 is 5.73 Å². The van der Waals surface area contributed by atoms with E-state index < -0.39 is 20.9 Å². The third-order valence-corrected chi connectivity index (χ3v) is 5.04. The Bertz CT molecular complexity index is 535. The number of nitrogens with zero attached hydrogens (tertiary/aromatic N) is 2. The maximum atomic E-state index is 13.5. The first-order valence-electron chi connectivity index (χ1n) is 5.79. The third kappa shape index (κ3) is 2.38. The first kappa shape index (κ1) is 13.4. The number of pyridine rings is 1. The maximum absolute atomic E-state index is 13.5. The van der Waals surface area contributed by atoms with Crippen LogP contribution in [-0.4, -0.2) is 36.8 Å². The molecule has 1 aromatic heterocycles. The molecule has 2 unspecified atom stereocenters. The summed E-state index contributed by atoms with van der Waals surface area (Å²) in [4.78, 5) is 3.63. The molecule has 2 N–H and O–H groups in total. The van der Waals surface area contributed by atoms with Crippen LogP contribution in [0.4, 0.5) is 4.39 Å². The SMILES string of the molecule is CC1CN(S(=O)(=O)c2ncccc2F)CCC1N. The van der Waals surface area contributed by atoms with Crippen molar-refractivity contribution in [3.8, 4) is 0 Å². The van der Waals surface area contributed by atoms with Gasteiger partial charge in [0.25, 0.3) is 10.0 Å². The number of rotatable bonds is 2. The molecular formula is C11H16FN3O2S. The Labute approximate surface area is 106 Å². The number of sulfonamides is 1. The van der Waals surface area contributed by atoms with E-state index in [1.54, 1.807) is 0 Å². The van der Waals surface area contributed by atoms with E-state index in [0.29, 0.717) is 19.5 Å². The predicted molar refractivity (Wildman–Crippen MR) is 64.7 cm³/mol. The molecule has 1 saturated heterocycles. The minimum absolute atomic E-state index is 0.00923. The Morgan fingerprint density at radius 2 is 2.28 bits per heavy atom. The van der Waals surface area contributed by atoms with Crippen LogP contribution in [0.25, 0.3) is 0 Å². The van der Waals surface area contributed by atoms with Gasteiger partial charge < -0.3 is 5.73 Å². The second kappa shape index (κ2) is 4.91. The molecule has 2 rings (SSSR count). The van der Waals surface area contributed by atoms with Crippen LogP contribution in [-0.2, 0) is 10.0 Å². The van der Waals surface area contributed by atoms with Gasteiger partial charge in [-0.2, -0.15) is 4.31 Å². The van der Waals surface area contributed by atoms with E-state index in [1.807, 2.05) is 6.92 Å². The first-order valence-corrected chi connectivity index (χ1v) is 7.23. The van der Waals surface area contributed by atoms with Gasteiger partial charge in [-0.3, -0.25) is 0 Å². The standard InChI is InChI=1S/C11H16FN3O2S/c1-8-7-15(6-4-10(8)13)18(16,17)11-9(12)3-2-5-14-11/h2-3,5,8,10H,4,6-7,13H2,1H3. The van der Waals surface area contributed by atoms with Crippen molar-refractivity contribution in [2.45, 2.75) is 24.4 Å². The topological polar surface area (TPSA) is 76.3 Å². The second-order valence-electron chi connectivity index (χ2n) is 4.58. The third-order valence-electron chi connectivity index (χ3n) is 3.24. The number of halogens is 1. The summed E-state index contributed by atoms with van der Waals surface area (Å²) in [5.41, 5.74) is 5.84. The zero-order valence-electron chi connectivity index (χ0n) is 10.1. The van der Waals surface area contributed by atoms with E-state index in [9.17, 15) is 12.8 Å². The summed E-state index contributed by atoms with van der Waals surface area (Å²) in [6, 6.07) is 2.45. The molecule has 2 atom stereocenters. The Kier molecular flexibility index (Phi) is 3.65. The molecule has 7 heteroatoms. The van der Waals surface area contributed by atoms with Crippen molar-refractivity contribution in [2.75, 3.05) is 13.1 Å². The number of hydrogen-bond donors (Lipinski definition) is 1. The van der Waals surface area contributed by atoms with Gasteiger partial charge in [0.05, 0.1) is 0 Å². The van der Waals surface area contributed by atoms with Gasteiger partial charge in [0.15, 0.2) is 5.82 Å². The lowest BCUT2D eigenvalue weighted by molar-refractivity contribution is 0.249. The first-order chi connectivity index (χ1) is 8.43. The van der Waals surface area contributed by atoms with E-state index >= 15 is 0 Å². The van der Waals surface area contributed by atoms with Crippen LogP contribution in [0.5, 0.6) is 0 Å². The summed E-state index contributed by atoms with van der Waals surface area (Å²) in [6.45, 7) is 2.50. The van der Waals surface area contributed by atoms with Gasteiger partial charge >= 0.3 is 0 Å². The molecule has 0 aliphatic carbocycles. The maximum Gasteiger partial charge on any atom is 0.263 e. The van der Waals surface area contributed by atoms with Crippen LogP contribution in [0.2, 0.25) is 0 Å². The van der Waals surface area contributed by atoms with Crippen molar-refractivity contribution in [3.05, 3.63) is 24.1 Å². The van der Waals surface area contributed by atoms with E-state index in [2.05, 4.69) is 4.98 Å². The molecule has 100 valence electrons. The quantitative estimate of drug-likeness (QED) is 0.855. The largest absolute Gasteiger partial charge is 0.327 e. The van der Waals surface area contributed by atoms with Gasteiger partial charge in [0.2, 0.25) is 5.03 Å². The van der Waals surface area contributed by atoms with Gasteiger partial charge in [0.1, 0.15) is 0 Å². The molecule has 2 heterocycles.